The second-order valence-corrected chi connectivity index (χ2v) is 5.03. The van der Waals surface area contributed by atoms with Gasteiger partial charge >= 0.3 is 0 Å². The van der Waals surface area contributed by atoms with Crippen molar-refractivity contribution in [3.05, 3.63) is 53.6 Å². The molecule has 0 fully saturated rings. The van der Waals surface area contributed by atoms with Gasteiger partial charge in [-0.3, -0.25) is 0 Å². The van der Waals surface area contributed by atoms with E-state index in [1.165, 1.54) is 5.56 Å². The molecule has 21 heavy (non-hydrogen) atoms. The second kappa shape index (κ2) is 7.58. The average Bonchev–Trinajstić information content (AvgIpc) is 2.51. The Bertz CT molecular complexity index is 581. The minimum atomic E-state index is 0.622. The molecule has 0 aliphatic carbocycles. The van der Waals surface area contributed by atoms with Gasteiger partial charge in [-0.1, -0.05) is 31.2 Å². The average molecular weight is 285 g/mol. The molecule has 3 heteroatoms. The largest absolute Gasteiger partial charge is 0.493 e. The normalized spacial score (nSPS) is 10.4. The summed E-state index contributed by atoms with van der Waals surface area (Å²) in [6.45, 7) is 5.39. The molecule has 0 heterocycles. The zero-order valence-corrected chi connectivity index (χ0v) is 12.8. The fraction of sp³-hybridized carbons (Fsp3) is 0.333. The quantitative estimate of drug-likeness (QED) is 0.618. The summed E-state index contributed by atoms with van der Waals surface area (Å²) in [4.78, 5) is 0. The molecule has 112 valence electrons. The monoisotopic (exact) mass is 285 g/mol. The van der Waals surface area contributed by atoms with E-state index in [9.17, 15) is 0 Å². The van der Waals surface area contributed by atoms with E-state index in [0.717, 1.165) is 35.6 Å². The van der Waals surface area contributed by atoms with Crippen LogP contribution in [0.4, 0.5) is 5.69 Å². The van der Waals surface area contributed by atoms with Crippen molar-refractivity contribution in [2.24, 2.45) is 0 Å². The van der Waals surface area contributed by atoms with Gasteiger partial charge in [-0.05, 0) is 36.6 Å². The highest BCUT2D eigenvalue weighted by molar-refractivity contribution is 5.50. The highest BCUT2D eigenvalue weighted by atomic mass is 16.5. The maximum atomic E-state index is 5.85. The van der Waals surface area contributed by atoms with Crippen molar-refractivity contribution in [1.29, 1.82) is 0 Å². The van der Waals surface area contributed by atoms with Crippen molar-refractivity contribution in [2.75, 3.05) is 18.9 Å². The summed E-state index contributed by atoms with van der Waals surface area (Å²) in [5, 5.41) is 0. The molecule has 0 radical (unpaired) electrons. The van der Waals surface area contributed by atoms with E-state index in [1.807, 2.05) is 43.3 Å². The lowest BCUT2D eigenvalue weighted by Crippen LogP contribution is -2.06. The summed E-state index contributed by atoms with van der Waals surface area (Å²) in [7, 11) is 0. The number of aryl methyl sites for hydroxylation is 2. The SMILES string of the molecule is CCc1ccccc1OCCCOc1ccc(C)c(N)c1. The van der Waals surface area contributed by atoms with E-state index < -0.39 is 0 Å². The first-order valence-electron chi connectivity index (χ1n) is 7.40. The van der Waals surface area contributed by atoms with Gasteiger partial charge in [-0.2, -0.15) is 0 Å². The molecule has 0 aromatic heterocycles. The number of hydrogen-bond acceptors (Lipinski definition) is 3. The van der Waals surface area contributed by atoms with Gasteiger partial charge in [-0.25, -0.2) is 0 Å². The fourth-order valence-electron chi connectivity index (χ4n) is 2.08. The van der Waals surface area contributed by atoms with Crippen LogP contribution in [0.15, 0.2) is 42.5 Å². The van der Waals surface area contributed by atoms with E-state index >= 15 is 0 Å². The van der Waals surface area contributed by atoms with Gasteiger partial charge < -0.3 is 15.2 Å². The molecule has 2 aromatic rings. The lowest BCUT2D eigenvalue weighted by atomic mass is 10.1. The number of para-hydroxylation sites is 1. The Morgan fingerprint density at radius 2 is 1.76 bits per heavy atom. The first-order valence-corrected chi connectivity index (χ1v) is 7.40. The highest BCUT2D eigenvalue weighted by Gasteiger charge is 2.01. The van der Waals surface area contributed by atoms with Crippen LogP contribution in [0, 0.1) is 6.92 Å². The number of hydrogen-bond donors (Lipinski definition) is 1. The van der Waals surface area contributed by atoms with Crippen LogP contribution in [-0.2, 0) is 6.42 Å². The van der Waals surface area contributed by atoms with E-state index in [0.29, 0.717) is 13.2 Å². The maximum absolute atomic E-state index is 5.85. The standard InChI is InChI=1S/C18H23NO2/c1-3-15-7-4-5-8-18(15)21-12-6-11-20-16-10-9-14(2)17(19)13-16/h4-5,7-10,13H,3,6,11-12,19H2,1-2H3. The second-order valence-electron chi connectivity index (χ2n) is 5.03. The van der Waals surface area contributed by atoms with Crippen LogP contribution in [0.1, 0.15) is 24.5 Å². The lowest BCUT2D eigenvalue weighted by Gasteiger charge is -2.11. The van der Waals surface area contributed by atoms with Gasteiger partial charge in [0.2, 0.25) is 0 Å². The van der Waals surface area contributed by atoms with Crippen molar-refractivity contribution >= 4 is 5.69 Å². The molecule has 0 saturated carbocycles. The molecular weight excluding hydrogens is 262 g/mol. The molecule has 0 amide bonds. The molecule has 3 nitrogen and oxygen atoms in total. The van der Waals surface area contributed by atoms with Crippen molar-refractivity contribution in [3.63, 3.8) is 0 Å². The van der Waals surface area contributed by atoms with E-state index in [2.05, 4.69) is 13.0 Å². The number of nitrogen functional groups attached to an aromatic ring is 1. The number of anilines is 1. The molecule has 0 spiro atoms. The summed E-state index contributed by atoms with van der Waals surface area (Å²) in [5.41, 5.74) is 8.93. The van der Waals surface area contributed by atoms with Gasteiger partial charge in [0.05, 0.1) is 13.2 Å². The van der Waals surface area contributed by atoms with Crippen LogP contribution >= 0.6 is 0 Å². The predicted molar refractivity (Wildman–Crippen MR) is 87.0 cm³/mol. The zero-order valence-electron chi connectivity index (χ0n) is 12.8. The third-order valence-electron chi connectivity index (χ3n) is 3.42. The molecule has 0 aliphatic rings. The molecule has 0 atom stereocenters. The van der Waals surface area contributed by atoms with Crippen molar-refractivity contribution in [1.82, 2.24) is 0 Å². The Morgan fingerprint density at radius 3 is 2.52 bits per heavy atom. The molecule has 0 aliphatic heterocycles. The molecule has 2 aromatic carbocycles. The van der Waals surface area contributed by atoms with Gasteiger partial charge in [-0.15, -0.1) is 0 Å². The molecule has 0 unspecified atom stereocenters. The van der Waals surface area contributed by atoms with Crippen LogP contribution < -0.4 is 15.2 Å². The Kier molecular flexibility index (Phi) is 5.50. The minimum absolute atomic E-state index is 0.622. The van der Waals surface area contributed by atoms with Gasteiger partial charge in [0, 0.05) is 18.2 Å². The third kappa shape index (κ3) is 4.42. The Morgan fingerprint density at radius 1 is 1.00 bits per heavy atom. The van der Waals surface area contributed by atoms with Crippen molar-refractivity contribution in [3.8, 4) is 11.5 Å². The van der Waals surface area contributed by atoms with E-state index in [1.54, 1.807) is 0 Å². The Labute approximate surface area is 126 Å². The summed E-state index contributed by atoms with van der Waals surface area (Å²) < 4.78 is 11.5. The highest BCUT2D eigenvalue weighted by Crippen LogP contribution is 2.20. The summed E-state index contributed by atoms with van der Waals surface area (Å²) in [6, 6.07) is 13.9. The topological polar surface area (TPSA) is 44.5 Å². The van der Waals surface area contributed by atoms with Crippen LogP contribution in [0.2, 0.25) is 0 Å². The first-order chi connectivity index (χ1) is 10.2. The van der Waals surface area contributed by atoms with E-state index in [-0.39, 0.29) is 0 Å². The summed E-state index contributed by atoms with van der Waals surface area (Å²) in [5.74, 6) is 1.78. The van der Waals surface area contributed by atoms with Gasteiger partial charge in [0.25, 0.3) is 0 Å². The van der Waals surface area contributed by atoms with E-state index in [4.69, 9.17) is 15.2 Å². The van der Waals surface area contributed by atoms with Crippen LogP contribution in [-0.4, -0.2) is 13.2 Å². The summed E-state index contributed by atoms with van der Waals surface area (Å²) in [6.07, 6.45) is 1.82. The maximum Gasteiger partial charge on any atom is 0.122 e. The first kappa shape index (κ1) is 15.2. The van der Waals surface area contributed by atoms with Crippen LogP contribution in [0.5, 0.6) is 11.5 Å². The lowest BCUT2D eigenvalue weighted by molar-refractivity contribution is 0.246. The smallest absolute Gasteiger partial charge is 0.122 e. The Hall–Kier alpha value is -2.16. The van der Waals surface area contributed by atoms with Crippen LogP contribution in [0.3, 0.4) is 0 Å². The zero-order chi connectivity index (χ0) is 15.1. The molecule has 0 bridgehead atoms. The van der Waals surface area contributed by atoms with Crippen molar-refractivity contribution in [2.45, 2.75) is 26.7 Å². The number of rotatable bonds is 7. The summed E-state index contributed by atoms with van der Waals surface area (Å²) >= 11 is 0. The fourth-order valence-corrected chi connectivity index (χ4v) is 2.08. The van der Waals surface area contributed by atoms with Gasteiger partial charge in [0.15, 0.2) is 0 Å². The number of ether oxygens (including phenoxy) is 2. The number of benzene rings is 2. The molecule has 2 rings (SSSR count). The van der Waals surface area contributed by atoms with Crippen molar-refractivity contribution < 1.29 is 9.47 Å². The molecule has 2 N–H and O–H groups in total. The third-order valence-corrected chi connectivity index (χ3v) is 3.42. The minimum Gasteiger partial charge on any atom is -0.493 e. The van der Waals surface area contributed by atoms with Crippen LogP contribution in [0.25, 0.3) is 0 Å². The predicted octanol–water partition coefficient (Wildman–Crippen LogP) is 3.99. The number of nitrogens with two attached hydrogens (primary N) is 1. The molecule has 0 saturated heterocycles. The molecular formula is C18H23NO2. The Balaban J connectivity index is 1.73. The van der Waals surface area contributed by atoms with Gasteiger partial charge in [0.1, 0.15) is 11.5 Å².